The second kappa shape index (κ2) is 3.56. The van der Waals surface area contributed by atoms with Crippen LogP contribution in [-0.2, 0) is 6.42 Å². The number of hydrogen-bond donors (Lipinski definition) is 1. The molecule has 1 fully saturated rings. The van der Waals surface area contributed by atoms with Crippen LogP contribution in [0.3, 0.4) is 0 Å². The lowest BCUT2D eigenvalue weighted by atomic mass is 9.69. The highest BCUT2D eigenvalue weighted by atomic mass is 19.1. The lowest BCUT2D eigenvalue weighted by Gasteiger charge is -2.42. The third kappa shape index (κ3) is 2.02. The molecule has 0 aromatic heterocycles. The van der Waals surface area contributed by atoms with E-state index in [0.717, 1.165) is 0 Å². The van der Waals surface area contributed by atoms with Crippen LogP contribution in [0.15, 0.2) is 18.2 Å². The molecule has 0 spiro atoms. The van der Waals surface area contributed by atoms with Crippen LogP contribution in [0, 0.1) is 17.6 Å². The average molecular weight is 212 g/mol. The van der Waals surface area contributed by atoms with E-state index in [1.165, 1.54) is 18.2 Å². The Morgan fingerprint density at radius 2 is 1.87 bits per heavy atom. The average Bonchev–Trinajstić information content (AvgIpc) is 2.09. The second-order valence-corrected chi connectivity index (χ2v) is 4.61. The zero-order valence-electron chi connectivity index (χ0n) is 8.63. The molecule has 0 saturated heterocycles. The van der Waals surface area contributed by atoms with Gasteiger partial charge in [-0.2, -0.15) is 0 Å². The van der Waals surface area contributed by atoms with Crippen molar-refractivity contribution in [1.82, 2.24) is 0 Å². The Morgan fingerprint density at radius 3 is 2.33 bits per heavy atom. The number of benzene rings is 1. The van der Waals surface area contributed by atoms with E-state index in [1.807, 2.05) is 6.92 Å². The standard InChI is InChI=1S/C12H14F2O/c1-8-5-12(15,6-8)7-9-10(13)3-2-4-11(9)14/h2-4,8,15H,5-7H2,1H3. The lowest BCUT2D eigenvalue weighted by Crippen LogP contribution is -2.44. The van der Waals surface area contributed by atoms with Gasteiger partial charge in [0.25, 0.3) is 0 Å². The Morgan fingerprint density at radius 1 is 1.33 bits per heavy atom. The minimum Gasteiger partial charge on any atom is -0.390 e. The smallest absolute Gasteiger partial charge is 0.129 e. The normalized spacial score (nSPS) is 30.0. The quantitative estimate of drug-likeness (QED) is 0.799. The minimum absolute atomic E-state index is 0.00639. The van der Waals surface area contributed by atoms with Crippen molar-refractivity contribution < 1.29 is 13.9 Å². The van der Waals surface area contributed by atoms with Crippen molar-refractivity contribution in [2.45, 2.75) is 31.8 Å². The molecular formula is C12H14F2O. The summed E-state index contributed by atoms with van der Waals surface area (Å²) in [5, 5.41) is 9.95. The maximum absolute atomic E-state index is 13.3. The summed E-state index contributed by atoms with van der Waals surface area (Å²) in [6.45, 7) is 2.02. The van der Waals surface area contributed by atoms with E-state index in [2.05, 4.69) is 0 Å². The van der Waals surface area contributed by atoms with Crippen LogP contribution in [0.1, 0.15) is 25.3 Å². The highest BCUT2D eigenvalue weighted by Gasteiger charge is 2.41. The first-order valence-electron chi connectivity index (χ1n) is 5.15. The van der Waals surface area contributed by atoms with Crippen molar-refractivity contribution in [3.63, 3.8) is 0 Å². The highest BCUT2D eigenvalue weighted by Crippen LogP contribution is 2.40. The summed E-state index contributed by atoms with van der Waals surface area (Å²) < 4.78 is 26.6. The molecule has 0 amide bonds. The molecule has 1 aromatic rings. The molecule has 1 saturated carbocycles. The van der Waals surface area contributed by atoms with E-state index < -0.39 is 17.2 Å². The molecule has 2 rings (SSSR count). The van der Waals surface area contributed by atoms with Crippen molar-refractivity contribution in [3.8, 4) is 0 Å². The van der Waals surface area contributed by atoms with Gasteiger partial charge in [-0.05, 0) is 30.9 Å². The van der Waals surface area contributed by atoms with Crippen LogP contribution in [0.2, 0.25) is 0 Å². The Kier molecular flexibility index (Phi) is 2.51. The Hall–Kier alpha value is -0.960. The molecule has 1 aliphatic rings. The van der Waals surface area contributed by atoms with Gasteiger partial charge in [-0.3, -0.25) is 0 Å². The zero-order chi connectivity index (χ0) is 11.1. The van der Waals surface area contributed by atoms with E-state index in [9.17, 15) is 13.9 Å². The highest BCUT2D eigenvalue weighted by molar-refractivity contribution is 5.22. The van der Waals surface area contributed by atoms with Gasteiger partial charge < -0.3 is 5.11 Å². The molecule has 0 heterocycles. The molecule has 1 aliphatic carbocycles. The molecule has 0 unspecified atom stereocenters. The molecule has 1 N–H and O–H groups in total. The molecular weight excluding hydrogens is 198 g/mol. The zero-order valence-corrected chi connectivity index (χ0v) is 8.63. The summed E-state index contributed by atoms with van der Waals surface area (Å²) in [7, 11) is 0. The minimum atomic E-state index is -0.900. The van der Waals surface area contributed by atoms with Crippen LogP contribution < -0.4 is 0 Å². The SMILES string of the molecule is CC1CC(O)(Cc2c(F)cccc2F)C1. The van der Waals surface area contributed by atoms with Gasteiger partial charge in [0.1, 0.15) is 11.6 Å². The summed E-state index contributed by atoms with van der Waals surface area (Å²) in [5.41, 5.74) is -0.894. The number of aliphatic hydroxyl groups is 1. The first-order valence-corrected chi connectivity index (χ1v) is 5.15. The van der Waals surface area contributed by atoms with Gasteiger partial charge in [0.05, 0.1) is 5.60 Å². The topological polar surface area (TPSA) is 20.2 Å². The first-order chi connectivity index (χ1) is 7.00. The van der Waals surface area contributed by atoms with Crippen LogP contribution >= 0.6 is 0 Å². The summed E-state index contributed by atoms with van der Waals surface area (Å²) in [6, 6.07) is 3.79. The fraction of sp³-hybridized carbons (Fsp3) is 0.500. The van der Waals surface area contributed by atoms with Gasteiger partial charge in [0, 0.05) is 12.0 Å². The summed E-state index contributed by atoms with van der Waals surface area (Å²) in [6.07, 6.45) is 1.33. The Bertz CT molecular complexity index is 350. The monoisotopic (exact) mass is 212 g/mol. The predicted molar refractivity (Wildman–Crippen MR) is 53.4 cm³/mol. The van der Waals surface area contributed by atoms with E-state index in [4.69, 9.17) is 0 Å². The fourth-order valence-corrected chi connectivity index (χ4v) is 2.41. The maximum Gasteiger partial charge on any atom is 0.129 e. The van der Waals surface area contributed by atoms with E-state index in [-0.39, 0.29) is 12.0 Å². The van der Waals surface area contributed by atoms with E-state index >= 15 is 0 Å². The van der Waals surface area contributed by atoms with Crippen LogP contribution in [-0.4, -0.2) is 10.7 Å². The van der Waals surface area contributed by atoms with Gasteiger partial charge in [0.2, 0.25) is 0 Å². The van der Waals surface area contributed by atoms with Gasteiger partial charge in [-0.15, -0.1) is 0 Å². The van der Waals surface area contributed by atoms with Crippen molar-refractivity contribution in [3.05, 3.63) is 35.4 Å². The first kappa shape index (κ1) is 10.6. The third-order valence-corrected chi connectivity index (χ3v) is 3.02. The van der Waals surface area contributed by atoms with Crippen molar-refractivity contribution in [2.75, 3.05) is 0 Å². The lowest BCUT2D eigenvalue weighted by molar-refractivity contribution is -0.0676. The summed E-state index contributed by atoms with van der Waals surface area (Å²) >= 11 is 0. The van der Waals surface area contributed by atoms with E-state index in [1.54, 1.807) is 0 Å². The van der Waals surface area contributed by atoms with Crippen LogP contribution in [0.5, 0.6) is 0 Å². The largest absolute Gasteiger partial charge is 0.390 e. The van der Waals surface area contributed by atoms with Crippen LogP contribution in [0.4, 0.5) is 8.78 Å². The number of halogens is 2. The number of rotatable bonds is 2. The molecule has 0 atom stereocenters. The van der Waals surface area contributed by atoms with Crippen LogP contribution in [0.25, 0.3) is 0 Å². The van der Waals surface area contributed by atoms with Crippen molar-refractivity contribution in [1.29, 1.82) is 0 Å². The van der Waals surface area contributed by atoms with Gasteiger partial charge in [0.15, 0.2) is 0 Å². The molecule has 82 valence electrons. The molecule has 3 heteroatoms. The van der Waals surface area contributed by atoms with Gasteiger partial charge in [-0.25, -0.2) is 8.78 Å². The maximum atomic E-state index is 13.3. The summed E-state index contributed by atoms with van der Waals surface area (Å²) in [5.74, 6) is -0.684. The van der Waals surface area contributed by atoms with E-state index in [0.29, 0.717) is 18.8 Å². The fourth-order valence-electron chi connectivity index (χ4n) is 2.41. The number of hydrogen-bond acceptors (Lipinski definition) is 1. The molecule has 0 radical (unpaired) electrons. The van der Waals surface area contributed by atoms with Gasteiger partial charge >= 0.3 is 0 Å². The second-order valence-electron chi connectivity index (χ2n) is 4.61. The molecule has 15 heavy (non-hydrogen) atoms. The van der Waals surface area contributed by atoms with Crippen molar-refractivity contribution in [2.24, 2.45) is 5.92 Å². The Labute approximate surface area is 87.7 Å². The molecule has 0 bridgehead atoms. The molecule has 1 aromatic carbocycles. The molecule has 0 aliphatic heterocycles. The van der Waals surface area contributed by atoms with Gasteiger partial charge in [-0.1, -0.05) is 13.0 Å². The predicted octanol–water partition coefficient (Wildman–Crippen LogP) is 2.67. The summed E-state index contributed by atoms with van der Waals surface area (Å²) in [4.78, 5) is 0. The third-order valence-electron chi connectivity index (χ3n) is 3.02. The van der Waals surface area contributed by atoms with Crippen molar-refractivity contribution >= 4 is 0 Å². The molecule has 1 nitrogen and oxygen atoms in total. The Balaban J connectivity index is 2.18.